The van der Waals surface area contributed by atoms with Gasteiger partial charge in [-0.3, -0.25) is 4.79 Å². The van der Waals surface area contributed by atoms with Gasteiger partial charge in [0.2, 0.25) is 0 Å². The number of hydrogen-bond donors (Lipinski definition) is 0. The molecule has 4 heteroatoms. The van der Waals surface area contributed by atoms with Crippen LogP contribution in [0.2, 0.25) is 0 Å². The van der Waals surface area contributed by atoms with Crippen LogP contribution in [0.5, 0.6) is 11.5 Å². The van der Waals surface area contributed by atoms with E-state index in [2.05, 4.69) is 0 Å². The summed E-state index contributed by atoms with van der Waals surface area (Å²) in [5, 5.41) is 0. The van der Waals surface area contributed by atoms with Crippen molar-refractivity contribution in [2.24, 2.45) is 0 Å². The zero-order valence-electron chi connectivity index (χ0n) is 12.2. The zero-order valence-corrected chi connectivity index (χ0v) is 13.0. The summed E-state index contributed by atoms with van der Waals surface area (Å²) in [7, 11) is 1.63. The number of carbonyl (C=O) groups is 1. The maximum atomic E-state index is 12.4. The van der Waals surface area contributed by atoms with Gasteiger partial charge in [-0.2, -0.15) is 0 Å². The fourth-order valence-electron chi connectivity index (χ4n) is 1.94. The van der Waals surface area contributed by atoms with Crippen molar-refractivity contribution in [1.29, 1.82) is 0 Å². The maximum absolute atomic E-state index is 12.4. The van der Waals surface area contributed by atoms with Crippen molar-refractivity contribution in [2.75, 3.05) is 19.5 Å². The molecule has 0 unspecified atom stereocenters. The highest BCUT2D eigenvalue weighted by atomic mass is 32.2. The van der Waals surface area contributed by atoms with Crippen molar-refractivity contribution in [3.63, 3.8) is 0 Å². The van der Waals surface area contributed by atoms with Gasteiger partial charge in [0.25, 0.3) is 0 Å². The van der Waals surface area contributed by atoms with E-state index in [-0.39, 0.29) is 5.78 Å². The van der Waals surface area contributed by atoms with Crippen molar-refractivity contribution >= 4 is 17.5 Å². The van der Waals surface area contributed by atoms with Crippen molar-refractivity contribution in [1.82, 2.24) is 0 Å². The number of thioether (sulfide) groups is 1. The first-order valence-corrected chi connectivity index (χ1v) is 7.75. The number of ether oxygens (including phenoxy) is 2. The van der Waals surface area contributed by atoms with Gasteiger partial charge < -0.3 is 9.47 Å². The molecule has 0 heterocycles. The van der Waals surface area contributed by atoms with Crippen molar-refractivity contribution in [3.05, 3.63) is 54.1 Å². The van der Waals surface area contributed by atoms with E-state index in [1.807, 2.05) is 49.4 Å². The van der Waals surface area contributed by atoms with E-state index in [1.54, 1.807) is 13.2 Å². The van der Waals surface area contributed by atoms with E-state index in [1.165, 1.54) is 11.8 Å². The smallest absolute Gasteiger partial charge is 0.176 e. The van der Waals surface area contributed by atoms with Gasteiger partial charge in [0.1, 0.15) is 11.5 Å². The molecule has 3 nitrogen and oxygen atoms in total. The topological polar surface area (TPSA) is 35.5 Å². The summed E-state index contributed by atoms with van der Waals surface area (Å²) in [5.74, 6) is 1.83. The van der Waals surface area contributed by atoms with Crippen LogP contribution in [0.3, 0.4) is 0 Å². The number of Topliss-reactive ketones (excluding diaryl/α,β-unsaturated/α-hetero) is 1. The van der Waals surface area contributed by atoms with Gasteiger partial charge in [-0.05, 0) is 31.2 Å². The monoisotopic (exact) mass is 302 g/mol. The molecule has 2 rings (SSSR count). The lowest BCUT2D eigenvalue weighted by Crippen LogP contribution is -2.06. The highest BCUT2D eigenvalue weighted by molar-refractivity contribution is 8.00. The molecule has 0 aliphatic rings. The molecule has 2 aromatic rings. The van der Waals surface area contributed by atoms with Gasteiger partial charge in [-0.1, -0.05) is 24.3 Å². The quantitative estimate of drug-likeness (QED) is 0.570. The van der Waals surface area contributed by atoms with Gasteiger partial charge >= 0.3 is 0 Å². The fraction of sp³-hybridized carbons (Fsp3) is 0.235. The van der Waals surface area contributed by atoms with Crippen molar-refractivity contribution in [3.8, 4) is 11.5 Å². The molecule has 2 aromatic carbocycles. The Labute approximate surface area is 129 Å². The number of ketones is 1. The average Bonchev–Trinajstić information content (AvgIpc) is 2.53. The van der Waals surface area contributed by atoms with E-state index in [9.17, 15) is 4.79 Å². The highest BCUT2D eigenvalue weighted by Gasteiger charge is 2.13. The molecule has 0 saturated carbocycles. The number of methoxy groups -OCH3 is 1. The number of rotatable bonds is 7. The van der Waals surface area contributed by atoms with Crippen LogP contribution >= 0.6 is 11.8 Å². The van der Waals surface area contributed by atoms with Crippen molar-refractivity contribution < 1.29 is 14.3 Å². The molecule has 0 spiro atoms. The molecule has 0 aliphatic heterocycles. The molecule has 0 fully saturated rings. The Morgan fingerprint density at radius 3 is 2.43 bits per heavy atom. The predicted molar refractivity (Wildman–Crippen MR) is 85.7 cm³/mol. The molecule has 0 aromatic heterocycles. The van der Waals surface area contributed by atoms with Gasteiger partial charge in [0.05, 0.1) is 25.0 Å². The Hall–Kier alpha value is -1.94. The minimum atomic E-state index is 0.0509. The lowest BCUT2D eigenvalue weighted by Gasteiger charge is -2.10. The highest BCUT2D eigenvalue weighted by Crippen LogP contribution is 2.30. The zero-order chi connectivity index (χ0) is 15.1. The molecule has 0 amide bonds. The Kier molecular flexibility index (Phi) is 5.69. The third-order valence-electron chi connectivity index (χ3n) is 2.92. The Morgan fingerprint density at radius 1 is 1.05 bits per heavy atom. The summed E-state index contributed by atoms with van der Waals surface area (Å²) in [6, 6.07) is 15.0. The van der Waals surface area contributed by atoms with Crippen LogP contribution in [0.15, 0.2) is 53.4 Å². The van der Waals surface area contributed by atoms with Crippen LogP contribution in [0, 0.1) is 0 Å². The number of hydrogen-bond acceptors (Lipinski definition) is 4. The van der Waals surface area contributed by atoms with Crippen LogP contribution in [0.1, 0.15) is 17.3 Å². The first kappa shape index (κ1) is 15.4. The molecule has 0 radical (unpaired) electrons. The minimum Gasteiger partial charge on any atom is -0.496 e. The minimum absolute atomic E-state index is 0.0509. The van der Waals surface area contributed by atoms with E-state index in [0.717, 1.165) is 10.6 Å². The number of benzene rings is 2. The molecule has 110 valence electrons. The molecule has 0 N–H and O–H groups in total. The third kappa shape index (κ3) is 4.02. The molecule has 0 saturated heterocycles. The first-order valence-electron chi connectivity index (χ1n) is 6.77. The summed E-state index contributed by atoms with van der Waals surface area (Å²) in [5.41, 5.74) is 0.627. The third-order valence-corrected chi connectivity index (χ3v) is 3.97. The lowest BCUT2D eigenvalue weighted by molar-refractivity contribution is 0.101. The summed E-state index contributed by atoms with van der Waals surface area (Å²) >= 11 is 1.47. The van der Waals surface area contributed by atoms with Gasteiger partial charge in [-0.15, -0.1) is 11.8 Å². The molecule has 0 bridgehead atoms. The molecule has 21 heavy (non-hydrogen) atoms. The molecular weight excluding hydrogens is 284 g/mol. The Balaban J connectivity index is 2.08. The average molecular weight is 302 g/mol. The number of carbonyl (C=O) groups excluding carboxylic acids is 1. The van der Waals surface area contributed by atoms with Crippen LogP contribution in [0.25, 0.3) is 0 Å². The summed E-state index contributed by atoms with van der Waals surface area (Å²) in [6.45, 7) is 2.45. The van der Waals surface area contributed by atoms with Crippen LogP contribution < -0.4 is 9.47 Å². The second-order valence-electron chi connectivity index (χ2n) is 4.29. The predicted octanol–water partition coefficient (Wildman–Crippen LogP) is 4.07. The Morgan fingerprint density at radius 2 is 1.71 bits per heavy atom. The van der Waals surface area contributed by atoms with Crippen LogP contribution in [0.4, 0.5) is 0 Å². The van der Waals surface area contributed by atoms with E-state index < -0.39 is 0 Å². The fourth-order valence-corrected chi connectivity index (χ4v) is 2.85. The lowest BCUT2D eigenvalue weighted by atomic mass is 10.1. The summed E-state index contributed by atoms with van der Waals surface area (Å²) in [4.78, 5) is 13.3. The van der Waals surface area contributed by atoms with E-state index >= 15 is 0 Å². The van der Waals surface area contributed by atoms with Gasteiger partial charge in [-0.25, -0.2) is 0 Å². The van der Waals surface area contributed by atoms with E-state index in [0.29, 0.717) is 23.7 Å². The summed E-state index contributed by atoms with van der Waals surface area (Å²) < 4.78 is 10.8. The standard InChI is InChI=1S/C17H18O3S/c1-3-20-15-9-5-4-8-13(15)14(18)12-21-17-11-7-6-10-16(17)19-2/h4-11H,3,12H2,1-2H3. The second kappa shape index (κ2) is 7.74. The molecule has 0 atom stereocenters. The van der Waals surface area contributed by atoms with Crippen molar-refractivity contribution in [2.45, 2.75) is 11.8 Å². The van der Waals surface area contributed by atoms with Crippen LogP contribution in [-0.4, -0.2) is 25.3 Å². The largest absolute Gasteiger partial charge is 0.496 e. The number of para-hydroxylation sites is 2. The SMILES string of the molecule is CCOc1ccccc1C(=O)CSc1ccccc1OC. The van der Waals surface area contributed by atoms with Crippen LogP contribution in [-0.2, 0) is 0 Å². The first-order chi connectivity index (χ1) is 10.3. The molecular formula is C17H18O3S. The Bertz CT molecular complexity index is 610. The maximum Gasteiger partial charge on any atom is 0.176 e. The normalized spacial score (nSPS) is 10.2. The van der Waals surface area contributed by atoms with E-state index in [4.69, 9.17) is 9.47 Å². The van der Waals surface area contributed by atoms with Gasteiger partial charge in [0, 0.05) is 4.90 Å². The second-order valence-corrected chi connectivity index (χ2v) is 5.31. The summed E-state index contributed by atoms with van der Waals surface area (Å²) in [6.07, 6.45) is 0. The van der Waals surface area contributed by atoms with Gasteiger partial charge in [0.15, 0.2) is 5.78 Å². The molecule has 0 aliphatic carbocycles.